The molecule has 2 aromatic carbocycles. The van der Waals surface area contributed by atoms with Crippen molar-refractivity contribution >= 4 is 17.6 Å². The van der Waals surface area contributed by atoms with Crippen molar-refractivity contribution in [2.75, 3.05) is 5.73 Å². The van der Waals surface area contributed by atoms with E-state index < -0.39 is 46.3 Å². The summed E-state index contributed by atoms with van der Waals surface area (Å²) in [6.45, 7) is 0. The van der Waals surface area contributed by atoms with E-state index in [-0.39, 0.29) is 5.75 Å². The van der Waals surface area contributed by atoms with Crippen molar-refractivity contribution in [3.05, 3.63) is 58.7 Å². The summed E-state index contributed by atoms with van der Waals surface area (Å²) in [4.78, 5) is 22.3. The second kappa shape index (κ2) is 5.95. The van der Waals surface area contributed by atoms with E-state index in [1.165, 1.54) is 24.3 Å². The minimum absolute atomic E-state index is 0.189. The van der Waals surface area contributed by atoms with Crippen molar-refractivity contribution < 1.29 is 37.0 Å². The smallest absolute Gasteiger partial charge is 0.349 e. The van der Waals surface area contributed by atoms with Gasteiger partial charge in [0.1, 0.15) is 16.9 Å². The highest BCUT2D eigenvalue weighted by atomic mass is 19.2. The first-order chi connectivity index (χ1) is 10.7. The van der Waals surface area contributed by atoms with Crippen molar-refractivity contribution in [3.8, 4) is 5.75 Å². The molecular formula is C14H7F4NO4. The number of carboxylic acid groups (broad SMARTS) is 1. The Kier molecular flexibility index (Phi) is 4.21. The number of esters is 1. The van der Waals surface area contributed by atoms with Gasteiger partial charge in [-0.1, -0.05) is 0 Å². The summed E-state index contributed by atoms with van der Waals surface area (Å²) in [5.41, 5.74) is 2.17. The quantitative estimate of drug-likeness (QED) is 0.297. The molecule has 0 heterocycles. The number of carbonyl (C=O) groups excluding carboxylic acids is 1. The van der Waals surface area contributed by atoms with Crippen LogP contribution in [0.4, 0.5) is 23.2 Å². The fourth-order valence-corrected chi connectivity index (χ4v) is 1.69. The minimum Gasteiger partial charge on any atom is -0.477 e. The highest BCUT2D eigenvalue weighted by molar-refractivity contribution is 5.94. The molecule has 0 aromatic heterocycles. The van der Waals surface area contributed by atoms with Crippen LogP contribution < -0.4 is 10.5 Å². The van der Waals surface area contributed by atoms with Gasteiger partial charge in [0.25, 0.3) is 0 Å². The third-order valence-corrected chi connectivity index (χ3v) is 2.77. The van der Waals surface area contributed by atoms with Gasteiger partial charge >= 0.3 is 11.9 Å². The molecule has 0 aliphatic heterocycles. The van der Waals surface area contributed by atoms with E-state index in [4.69, 9.17) is 10.8 Å². The highest BCUT2D eigenvalue weighted by Crippen LogP contribution is 2.26. The number of nitrogen functional groups attached to an aromatic ring is 1. The summed E-state index contributed by atoms with van der Waals surface area (Å²) in [6.07, 6.45) is 0. The third-order valence-electron chi connectivity index (χ3n) is 2.77. The molecule has 3 N–H and O–H groups in total. The van der Waals surface area contributed by atoms with Crippen LogP contribution in [0.5, 0.6) is 5.75 Å². The number of hydrogen-bond donors (Lipinski definition) is 2. The Morgan fingerprint density at radius 3 is 1.74 bits per heavy atom. The van der Waals surface area contributed by atoms with Crippen LogP contribution in [0.25, 0.3) is 0 Å². The van der Waals surface area contributed by atoms with E-state index in [1.807, 2.05) is 0 Å². The highest BCUT2D eigenvalue weighted by Gasteiger charge is 2.33. The van der Waals surface area contributed by atoms with Crippen molar-refractivity contribution in [2.24, 2.45) is 0 Å². The molecule has 0 aliphatic carbocycles. The van der Waals surface area contributed by atoms with E-state index in [0.29, 0.717) is 5.69 Å². The number of nitrogens with two attached hydrogens (primary N) is 1. The van der Waals surface area contributed by atoms with E-state index in [0.717, 1.165) is 0 Å². The van der Waals surface area contributed by atoms with Gasteiger partial charge in [-0.05, 0) is 24.3 Å². The largest absolute Gasteiger partial charge is 0.477 e. The van der Waals surface area contributed by atoms with Gasteiger partial charge in [-0.2, -0.15) is 0 Å². The van der Waals surface area contributed by atoms with Crippen LogP contribution in [0.2, 0.25) is 0 Å². The summed E-state index contributed by atoms with van der Waals surface area (Å²) in [6, 6.07) is 4.98. The molecule has 0 bridgehead atoms. The Balaban J connectivity index is 2.49. The van der Waals surface area contributed by atoms with Gasteiger partial charge in [0.15, 0.2) is 23.3 Å². The first-order valence-corrected chi connectivity index (χ1v) is 5.91. The molecule has 2 rings (SSSR count). The van der Waals surface area contributed by atoms with Gasteiger partial charge < -0.3 is 15.6 Å². The zero-order chi connectivity index (χ0) is 17.3. The molecule has 23 heavy (non-hydrogen) atoms. The molecule has 5 nitrogen and oxygen atoms in total. The van der Waals surface area contributed by atoms with E-state index in [1.54, 1.807) is 0 Å². The van der Waals surface area contributed by atoms with Crippen LogP contribution in [0, 0.1) is 23.3 Å². The number of hydrogen-bond acceptors (Lipinski definition) is 4. The first-order valence-electron chi connectivity index (χ1n) is 5.91. The third kappa shape index (κ3) is 2.93. The molecule has 120 valence electrons. The molecule has 0 radical (unpaired) electrons. The second-order valence-corrected chi connectivity index (χ2v) is 4.27. The molecule has 0 atom stereocenters. The van der Waals surface area contributed by atoms with Crippen LogP contribution in [-0.4, -0.2) is 17.0 Å². The Bertz CT molecular complexity index is 776. The lowest BCUT2D eigenvalue weighted by Gasteiger charge is -2.09. The predicted molar refractivity (Wildman–Crippen MR) is 69.0 cm³/mol. The topological polar surface area (TPSA) is 89.6 Å². The molecular weight excluding hydrogens is 322 g/mol. The summed E-state index contributed by atoms with van der Waals surface area (Å²) in [5, 5.41) is 8.54. The molecule has 0 amide bonds. The average Bonchev–Trinajstić information content (AvgIpc) is 2.48. The lowest BCUT2D eigenvalue weighted by atomic mass is 10.1. The Morgan fingerprint density at radius 1 is 0.870 bits per heavy atom. The average molecular weight is 329 g/mol. The predicted octanol–water partition coefficient (Wildman–Crippen LogP) is 2.74. The normalized spacial score (nSPS) is 10.4. The number of benzene rings is 2. The standard InChI is InChI=1S/C14H7F4NO4/c15-9-7(13(20)21)10(16)12(18)8(11(9)17)14(22)23-6-3-1-5(19)2-4-6/h1-4H,19H2,(H,20,21). The second-order valence-electron chi connectivity index (χ2n) is 4.27. The van der Waals surface area contributed by atoms with Gasteiger partial charge in [0, 0.05) is 5.69 Å². The van der Waals surface area contributed by atoms with Crippen LogP contribution in [-0.2, 0) is 0 Å². The summed E-state index contributed by atoms with van der Waals surface area (Å²) < 4.78 is 59.0. The molecule has 0 aliphatic rings. The Morgan fingerprint density at radius 2 is 1.30 bits per heavy atom. The first kappa shape index (κ1) is 16.3. The van der Waals surface area contributed by atoms with Crippen LogP contribution in [0.3, 0.4) is 0 Å². The molecule has 9 heteroatoms. The van der Waals surface area contributed by atoms with Crippen LogP contribution >= 0.6 is 0 Å². The zero-order valence-electron chi connectivity index (χ0n) is 11.1. The Hall–Kier alpha value is -3.10. The van der Waals surface area contributed by atoms with Crippen LogP contribution in [0.15, 0.2) is 24.3 Å². The lowest BCUT2D eigenvalue weighted by molar-refractivity contribution is 0.0671. The molecule has 0 saturated heterocycles. The summed E-state index contributed by atoms with van der Waals surface area (Å²) >= 11 is 0. The minimum atomic E-state index is -2.23. The van der Waals surface area contributed by atoms with Gasteiger partial charge in [0.2, 0.25) is 0 Å². The van der Waals surface area contributed by atoms with Gasteiger partial charge in [-0.15, -0.1) is 0 Å². The number of halogens is 4. The van der Waals surface area contributed by atoms with E-state index >= 15 is 0 Å². The van der Waals surface area contributed by atoms with E-state index in [2.05, 4.69) is 4.74 Å². The van der Waals surface area contributed by atoms with Crippen molar-refractivity contribution in [1.29, 1.82) is 0 Å². The fraction of sp³-hybridized carbons (Fsp3) is 0. The molecule has 0 fully saturated rings. The van der Waals surface area contributed by atoms with Crippen molar-refractivity contribution in [2.45, 2.75) is 0 Å². The Labute approximate surface area is 125 Å². The summed E-state index contributed by atoms with van der Waals surface area (Å²) in [5.74, 6) is -12.9. The number of carboxylic acids is 1. The number of rotatable bonds is 3. The lowest BCUT2D eigenvalue weighted by Crippen LogP contribution is -2.19. The van der Waals surface area contributed by atoms with E-state index in [9.17, 15) is 27.2 Å². The maximum atomic E-state index is 13.7. The maximum Gasteiger partial charge on any atom is 0.349 e. The van der Waals surface area contributed by atoms with Crippen molar-refractivity contribution in [3.63, 3.8) is 0 Å². The fourth-order valence-electron chi connectivity index (χ4n) is 1.69. The number of anilines is 1. The maximum absolute atomic E-state index is 13.7. The molecule has 0 spiro atoms. The molecule has 0 saturated carbocycles. The number of carbonyl (C=O) groups is 2. The number of aromatic carboxylic acids is 1. The van der Waals surface area contributed by atoms with Gasteiger partial charge in [0.05, 0.1) is 0 Å². The molecule has 2 aromatic rings. The zero-order valence-corrected chi connectivity index (χ0v) is 11.1. The van der Waals surface area contributed by atoms with Gasteiger partial charge in [-0.3, -0.25) is 0 Å². The van der Waals surface area contributed by atoms with Crippen LogP contribution in [0.1, 0.15) is 20.7 Å². The van der Waals surface area contributed by atoms with Crippen molar-refractivity contribution in [1.82, 2.24) is 0 Å². The summed E-state index contributed by atoms with van der Waals surface area (Å²) in [7, 11) is 0. The van der Waals surface area contributed by atoms with Gasteiger partial charge in [-0.25, -0.2) is 27.2 Å². The number of ether oxygens (including phenoxy) is 1. The SMILES string of the molecule is Nc1ccc(OC(=O)c2c(F)c(F)c(C(=O)O)c(F)c2F)cc1. The molecule has 0 unspecified atom stereocenters. The monoisotopic (exact) mass is 329 g/mol.